The molecule has 0 saturated carbocycles. The van der Waals surface area contributed by atoms with Crippen LogP contribution < -0.4 is 10.2 Å². The van der Waals surface area contributed by atoms with Crippen molar-refractivity contribution in [3.8, 4) is 0 Å². The Kier molecular flexibility index (Phi) is 5.73. The van der Waals surface area contributed by atoms with Crippen molar-refractivity contribution in [3.05, 3.63) is 65.2 Å². The molecule has 1 N–H and O–H groups in total. The van der Waals surface area contributed by atoms with Crippen LogP contribution in [0.25, 0.3) is 0 Å². The Morgan fingerprint density at radius 2 is 1.56 bits per heavy atom. The van der Waals surface area contributed by atoms with Crippen LogP contribution in [0, 0.1) is 0 Å². The minimum Gasteiger partial charge on any atom is -0.363 e. The van der Waals surface area contributed by atoms with Gasteiger partial charge in [-0.25, -0.2) is 0 Å². The number of piperidine rings is 1. The molecule has 2 aliphatic heterocycles. The minimum atomic E-state index is 0.0323. The molecule has 1 amide bonds. The molecule has 27 heavy (non-hydrogen) atoms. The molecule has 0 aromatic heterocycles. The fraction of sp³-hybridized carbons (Fsp3) is 0.435. The molecule has 0 radical (unpaired) electrons. The highest BCUT2D eigenvalue weighted by Crippen LogP contribution is 2.28. The van der Waals surface area contributed by atoms with Crippen LogP contribution in [0.15, 0.2) is 48.5 Å². The van der Waals surface area contributed by atoms with E-state index in [4.69, 9.17) is 0 Å². The summed E-state index contributed by atoms with van der Waals surface area (Å²) in [6.07, 6.45) is 5.03. The summed E-state index contributed by atoms with van der Waals surface area (Å²) in [5.41, 5.74) is 4.71. The van der Waals surface area contributed by atoms with Crippen molar-refractivity contribution in [2.45, 2.75) is 38.8 Å². The SMILES string of the molecule is O=C(NCCCN1CCCCC1)c1ccc(N2Cc3ccccc3C2)cc1. The Bertz CT molecular complexity index is 740. The third kappa shape index (κ3) is 4.51. The van der Waals surface area contributed by atoms with Crippen LogP contribution >= 0.6 is 0 Å². The van der Waals surface area contributed by atoms with Gasteiger partial charge in [0.2, 0.25) is 0 Å². The molecule has 0 aliphatic carbocycles. The summed E-state index contributed by atoms with van der Waals surface area (Å²) < 4.78 is 0. The Labute approximate surface area is 162 Å². The summed E-state index contributed by atoms with van der Waals surface area (Å²) >= 11 is 0. The molecule has 2 aromatic rings. The van der Waals surface area contributed by atoms with Crippen LogP contribution in [0.1, 0.15) is 47.2 Å². The van der Waals surface area contributed by atoms with Crippen molar-refractivity contribution in [2.75, 3.05) is 31.1 Å². The number of fused-ring (bicyclic) bond motifs is 1. The average Bonchev–Trinajstić information content (AvgIpc) is 3.16. The van der Waals surface area contributed by atoms with Gasteiger partial charge in [0, 0.05) is 30.9 Å². The van der Waals surface area contributed by atoms with Crippen molar-refractivity contribution < 1.29 is 4.79 Å². The number of likely N-dealkylation sites (tertiary alicyclic amines) is 1. The second-order valence-corrected chi connectivity index (χ2v) is 7.68. The molecule has 1 saturated heterocycles. The Hall–Kier alpha value is -2.33. The normalized spacial score (nSPS) is 17.0. The highest BCUT2D eigenvalue weighted by Gasteiger charge is 2.18. The third-order valence-corrected chi connectivity index (χ3v) is 5.72. The fourth-order valence-electron chi connectivity index (χ4n) is 4.13. The first-order valence-electron chi connectivity index (χ1n) is 10.2. The van der Waals surface area contributed by atoms with E-state index in [1.807, 2.05) is 12.1 Å². The van der Waals surface area contributed by atoms with Gasteiger partial charge in [0.15, 0.2) is 0 Å². The molecule has 2 aromatic carbocycles. The molecule has 2 aliphatic rings. The Morgan fingerprint density at radius 1 is 0.889 bits per heavy atom. The van der Waals surface area contributed by atoms with Crippen LogP contribution in [0.3, 0.4) is 0 Å². The van der Waals surface area contributed by atoms with Crippen LogP contribution in [-0.4, -0.2) is 37.0 Å². The molecule has 4 heteroatoms. The summed E-state index contributed by atoms with van der Waals surface area (Å²) in [6.45, 7) is 6.16. The second-order valence-electron chi connectivity index (χ2n) is 7.68. The Balaban J connectivity index is 1.24. The lowest BCUT2D eigenvalue weighted by Crippen LogP contribution is -2.33. The minimum absolute atomic E-state index is 0.0323. The molecule has 1 fully saturated rings. The van der Waals surface area contributed by atoms with Crippen molar-refractivity contribution in [3.63, 3.8) is 0 Å². The van der Waals surface area contributed by atoms with Crippen LogP contribution in [0.4, 0.5) is 5.69 Å². The quantitative estimate of drug-likeness (QED) is 0.793. The summed E-state index contributed by atoms with van der Waals surface area (Å²) in [4.78, 5) is 17.2. The van der Waals surface area contributed by atoms with E-state index in [9.17, 15) is 4.79 Å². The number of hydrogen-bond donors (Lipinski definition) is 1. The van der Waals surface area contributed by atoms with Gasteiger partial charge in [0.1, 0.15) is 0 Å². The predicted molar refractivity (Wildman–Crippen MR) is 110 cm³/mol. The molecule has 0 atom stereocenters. The molecule has 2 heterocycles. The summed E-state index contributed by atoms with van der Waals surface area (Å²) in [5, 5.41) is 3.06. The van der Waals surface area contributed by atoms with Gasteiger partial charge in [0.05, 0.1) is 0 Å². The molecular formula is C23H29N3O. The van der Waals surface area contributed by atoms with Crippen molar-refractivity contribution in [1.82, 2.24) is 10.2 Å². The number of nitrogens with zero attached hydrogens (tertiary/aromatic N) is 2. The fourth-order valence-corrected chi connectivity index (χ4v) is 4.13. The molecule has 0 spiro atoms. The zero-order valence-electron chi connectivity index (χ0n) is 16.0. The smallest absolute Gasteiger partial charge is 0.251 e. The first-order valence-corrected chi connectivity index (χ1v) is 10.2. The zero-order chi connectivity index (χ0) is 18.5. The number of carbonyl (C=O) groups excluding carboxylic acids is 1. The number of anilines is 1. The van der Waals surface area contributed by atoms with Gasteiger partial charge in [-0.3, -0.25) is 4.79 Å². The van der Waals surface area contributed by atoms with E-state index in [-0.39, 0.29) is 5.91 Å². The molecule has 0 bridgehead atoms. The van der Waals surface area contributed by atoms with Gasteiger partial charge in [-0.15, -0.1) is 0 Å². The van der Waals surface area contributed by atoms with E-state index in [1.54, 1.807) is 0 Å². The van der Waals surface area contributed by atoms with Crippen LogP contribution in [-0.2, 0) is 13.1 Å². The number of hydrogen-bond acceptors (Lipinski definition) is 3. The van der Waals surface area contributed by atoms with Gasteiger partial charge in [0.25, 0.3) is 5.91 Å². The van der Waals surface area contributed by atoms with Crippen molar-refractivity contribution in [2.24, 2.45) is 0 Å². The van der Waals surface area contributed by atoms with Crippen molar-refractivity contribution in [1.29, 1.82) is 0 Å². The number of amides is 1. The first kappa shape index (κ1) is 18.1. The third-order valence-electron chi connectivity index (χ3n) is 5.72. The maximum Gasteiger partial charge on any atom is 0.251 e. The largest absolute Gasteiger partial charge is 0.363 e. The number of rotatable bonds is 6. The van der Waals surface area contributed by atoms with E-state index < -0.39 is 0 Å². The lowest BCUT2D eigenvalue weighted by Gasteiger charge is -2.26. The van der Waals surface area contributed by atoms with Crippen LogP contribution in [0.5, 0.6) is 0 Å². The Morgan fingerprint density at radius 3 is 2.22 bits per heavy atom. The summed E-state index contributed by atoms with van der Waals surface area (Å²) in [7, 11) is 0. The maximum absolute atomic E-state index is 12.4. The standard InChI is InChI=1S/C23H29N3O/c27-23(24-13-6-16-25-14-4-1-5-15-25)19-9-11-22(12-10-19)26-17-20-7-2-3-8-21(20)18-26/h2-3,7-12H,1,4-6,13-18H2,(H,24,27). The van der Waals surface area contributed by atoms with E-state index >= 15 is 0 Å². The molecule has 4 rings (SSSR count). The second kappa shape index (κ2) is 8.57. The topological polar surface area (TPSA) is 35.6 Å². The first-order chi connectivity index (χ1) is 13.3. The predicted octanol–water partition coefficient (Wildman–Crippen LogP) is 3.81. The van der Waals surface area contributed by atoms with E-state index in [0.717, 1.165) is 38.2 Å². The number of benzene rings is 2. The van der Waals surface area contributed by atoms with E-state index in [0.29, 0.717) is 0 Å². The monoisotopic (exact) mass is 363 g/mol. The number of nitrogens with one attached hydrogen (secondary N) is 1. The maximum atomic E-state index is 12.4. The van der Waals surface area contributed by atoms with Gasteiger partial charge in [-0.2, -0.15) is 0 Å². The molecule has 0 unspecified atom stereocenters. The molecule has 4 nitrogen and oxygen atoms in total. The van der Waals surface area contributed by atoms with E-state index in [1.165, 1.54) is 49.2 Å². The summed E-state index contributed by atoms with van der Waals surface area (Å²) in [5.74, 6) is 0.0323. The molecular weight excluding hydrogens is 334 g/mol. The zero-order valence-corrected chi connectivity index (χ0v) is 16.0. The van der Waals surface area contributed by atoms with Crippen LogP contribution in [0.2, 0.25) is 0 Å². The average molecular weight is 364 g/mol. The lowest BCUT2D eigenvalue weighted by atomic mass is 10.1. The number of carbonyl (C=O) groups is 1. The summed E-state index contributed by atoms with van der Waals surface area (Å²) in [6, 6.07) is 16.6. The van der Waals surface area contributed by atoms with Gasteiger partial charge >= 0.3 is 0 Å². The van der Waals surface area contributed by atoms with E-state index in [2.05, 4.69) is 51.5 Å². The lowest BCUT2D eigenvalue weighted by molar-refractivity contribution is 0.0951. The molecule has 142 valence electrons. The van der Waals surface area contributed by atoms with Gasteiger partial charge in [-0.1, -0.05) is 30.7 Å². The highest BCUT2D eigenvalue weighted by atomic mass is 16.1. The van der Waals surface area contributed by atoms with Gasteiger partial charge < -0.3 is 15.1 Å². The highest BCUT2D eigenvalue weighted by molar-refractivity contribution is 5.94. The van der Waals surface area contributed by atoms with Gasteiger partial charge in [-0.05, 0) is 74.3 Å². The van der Waals surface area contributed by atoms with Crippen molar-refractivity contribution >= 4 is 11.6 Å².